The molecule has 1 aliphatic heterocycles. The second-order valence-electron chi connectivity index (χ2n) is 4.75. The van der Waals surface area contributed by atoms with Gasteiger partial charge < -0.3 is 4.90 Å². The molecule has 0 N–H and O–H groups in total. The molecule has 21 heavy (non-hydrogen) atoms. The standard InChI is InChI=1S/C15H12F2N2OS/c16-12-4-10(5-13(17)6-12)8-19-14(20)9-21-15(19)11-2-1-3-18-7-11/h1-7,15H,8-9H2. The van der Waals surface area contributed by atoms with Crippen LogP contribution in [0.3, 0.4) is 0 Å². The van der Waals surface area contributed by atoms with Crippen LogP contribution in [0.4, 0.5) is 8.78 Å². The summed E-state index contributed by atoms with van der Waals surface area (Å²) in [7, 11) is 0. The number of carbonyl (C=O) groups excluding carboxylic acids is 1. The van der Waals surface area contributed by atoms with Gasteiger partial charge in [0.1, 0.15) is 17.0 Å². The van der Waals surface area contributed by atoms with Crippen LogP contribution >= 0.6 is 11.8 Å². The van der Waals surface area contributed by atoms with Crippen LogP contribution in [0.15, 0.2) is 42.7 Å². The molecule has 1 aromatic heterocycles. The van der Waals surface area contributed by atoms with Gasteiger partial charge in [0.05, 0.1) is 5.75 Å². The number of hydrogen-bond donors (Lipinski definition) is 0. The van der Waals surface area contributed by atoms with E-state index in [0.29, 0.717) is 11.3 Å². The third kappa shape index (κ3) is 3.05. The molecular weight excluding hydrogens is 294 g/mol. The van der Waals surface area contributed by atoms with E-state index in [4.69, 9.17) is 0 Å². The molecule has 1 saturated heterocycles. The van der Waals surface area contributed by atoms with Crippen molar-refractivity contribution >= 4 is 17.7 Å². The third-order valence-corrected chi connectivity index (χ3v) is 4.47. The van der Waals surface area contributed by atoms with E-state index >= 15 is 0 Å². The van der Waals surface area contributed by atoms with E-state index in [9.17, 15) is 13.6 Å². The van der Waals surface area contributed by atoms with Gasteiger partial charge in [0.2, 0.25) is 5.91 Å². The predicted molar refractivity (Wildman–Crippen MR) is 76.3 cm³/mol. The van der Waals surface area contributed by atoms with Gasteiger partial charge in [0.25, 0.3) is 0 Å². The molecule has 1 aromatic carbocycles. The zero-order valence-corrected chi connectivity index (χ0v) is 11.8. The Hall–Kier alpha value is -1.95. The van der Waals surface area contributed by atoms with Crippen LogP contribution in [-0.2, 0) is 11.3 Å². The molecule has 3 nitrogen and oxygen atoms in total. The van der Waals surface area contributed by atoms with Crippen molar-refractivity contribution in [2.45, 2.75) is 11.9 Å². The third-order valence-electron chi connectivity index (χ3n) is 3.21. The minimum atomic E-state index is -0.637. The number of thioether (sulfide) groups is 1. The molecule has 2 aromatic rings. The first-order valence-electron chi connectivity index (χ1n) is 6.39. The Labute approximate surface area is 125 Å². The Morgan fingerprint density at radius 2 is 2.05 bits per heavy atom. The Morgan fingerprint density at radius 3 is 2.71 bits per heavy atom. The second-order valence-corrected chi connectivity index (χ2v) is 5.82. The van der Waals surface area contributed by atoms with E-state index in [0.717, 1.165) is 11.6 Å². The number of hydrogen-bond acceptors (Lipinski definition) is 3. The number of pyridine rings is 1. The quantitative estimate of drug-likeness (QED) is 0.873. The largest absolute Gasteiger partial charge is 0.321 e. The minimum absolute atomic E-state index is 0.0430. The van der Waals surface area contributed by atoms with E-state index in [2.05, 4.69) is 4.98 Å². The van der Waals surface area contributed by atoms with Gasteiger partial charge in [-0.1, -0.05) is 6.07 Å². The fourth-order valence-electron chi connectivity index (χ4n) is 2.32. The Morgan fingerprint density at radius 1 is 1.29 bits per heavy atom. The Kier molecular flexibility index (Phi) is 3.88. The SMILES string of the molecule is O=C1CSC(c2cccnc2)N1Cc1cc(F)cc(F)c1. The van der Waals surface area contributed by atoms with Crippen molar-refractivity contribution in [1.82, 2.24) is 9.88 Å². The maximum absolute atomic E-state index is 13.3. The maximum atomic E-state index is 13.3. The molecule has 3 rings (SSSR count). The number of halogens is 2. The zero-order valence-electron chi connectivity index (χ0n) is 11.0. The van der Waals surface area contributed by atoms with Gasteiger partial charge in [-0.25, -0.2) is 8.78 Å². The van der Waals surface area contributed by atoms with Gasteiger partial charge in [-0.05, 0) is 23.8 Å². The normalized spacial score (nSPS) is 18.3. The molecule has 0 aliphatic carbocycles. The summed E-state index contributed by atoms with van der Waals surface area (Å²) >= 11 is 1.49. The molecule has 108 valence electrons. The monoisotopic (exact) mass is 306 g/mol. The molecular formula is C15H12F2N2OS. The van der Waals surface area contributed by atoms with Crippen LogP contribution in [0.1, 0.15) is 16.5 Å². The van der Waals surface area contributed by atoms with Crippen LogP contribution in [0.25, 0.3) is 0 Å². The summed E-state index contributed by atoms with van der Waals surface area (Å²) < 4.78 is 26.5. The second kappa shape index (κ2) is 5.81. The molecule has 0 radical (unpaired) electrons. The fourth-order valence-corrected chi connectivity index (χ4v) is 3.49. The van der Waals surface area contributed by atoms with Gasteiger partial charge in [-0.15, -0.1) is 11.8 Å². The molecule has 1 aliphatic rings. The highest BCUT2D eigenvalue weighted by molar-refractivity contribution is 8.00. The predicted octanol–water partition coefficient (Wildman–Crippen LogP) is 3.13. The van der Waals surface area contributed by atoms with Crippen molar-refractivity contribution in [3.63, 3.8) is 0 Å². The molecule has 1 amide bonds. The minimum Gasteiger partial charge on any atom is -0.321 e. The van der Waals surface area contributed by atoms with E-state index < -0.39 is 11.6 Å². The molecule has 1 fully saturated rings. The topological polar surface area (TPSA) is 33.2 Å². The summed E-state index contributed by atoms with van der Waals surface area (Å²) in [6, 6.07) is 7.02. The van der Waals surface area contributed by atoms with Crippen molar-refractivity contribution in [1.29, 1.82) is 0 Å². The van der Waals surface area contributed by atoms with Gasteiger partial charge in [-0.3, -0.25) is 9.78 Å². The summed E-state index contributed by atoms with van der Waals surface area (Å²) in [4.78, 5) is 17.7. The molecule has 2 heterocycles. The van der Waals surface area contributed by atoms with Crippen LogP contribution in [-0.4, -0.2) is 21.5 Å². The summed E-state index contributed by atoms with van der Waals surface area (Å²) in [5.41, 5.74) is 1.35. The first-order valence-corrected chi connectivity index (χ1v) is 7.44. The maximum Gasteiger partial charge on any atom is 0.234 e. The molecule has 0 spiro atoms. The molecule has 1 atom stereocenters. The van der Waals surface area contributed by atoms with Crippen molar-refractivity contribution < 1.29 is 13.6 Å². The molecule has 1 unspecified atom stereocenters. The van der Waals surface area contributed by atoms with E-state index in [1.165, 1.54) is 23.9 Å². The smallest absolute Gasteiger partial charge is 0.234 e. The lowest BCUT2D eigenvalue weighted by atomic mass is 10.2. The first kappa shape index (κ1) is 14.0. The fraction of sp³-hybridized carbons (Fsp3) is 0.200. The van der Waals surface area contributed by atoms with E-state index in [1.807, 2.05) is 6.07 Å². The van der Waals surface area contributed by atoms with Gasteiger partial charge in [0, 0.05) is 30.6 Å². The van der Waals surface area contributed by atoms with Crippen molar-refractivity contribution in [3.8, 4) is 0 Å². The van der Waals surface area contributed by atoms with Gasteiger partial charge >= 0.3 is 0 Å². The van der Waals surface area contributed by atoms with Crippen molar-refractivity contribution in [2.24, 2.45) is 0 Å². The van der Waals surface area contributed by atoms with E-state index in [-0.39, 0.29) is 17.8 Å². The van der Waals surface area contributed by atoms with Crippen molar-refractivity contribution in [2.75, 3.05) is 5.75 Å². The van der Waals surface area contributed by atoms with Crippen LogP contribution in [0.5, 0.6) is 0 Å². The first-order chi connectivity index (χ1) is 10.1. The lowest BCUT2D eigenvalue weighted by Gasteiger charge is -2.24. The number of nitrogens with zero attached hydrogens (tertiary/aromatic N) is 2. The van der Waals surface area contributed by atoms with E-state index in [1.54, 1.807) is 23.4 Å². The summed E-state index contributed by atoms with van der Waals surface area (Å²) in [6.07, 6.45) is 3.37. The summed E-state index contributed by atoms with van der Waals surface area (Å²) in [5, 5.41) is -0.169. The summed E-state index contributed by atoms with van der Waals surface area (Å²) in [6.45, 7) is 0.181. The average Bonchev–Trinajstić information content (AvgIpc) is 2.80. The van der Waals surface area contributed by atoms with Crippen LogP contribution in [0, 0.1) is 11.6 Å². The number of rotatable bonds is 3. The van der Waals surface area contributed by atoms with Crippen LogP contribution < -0.4 is 0 Å². The van der Waals surface area contributed by atoms with Crippen LogP contribution in [0.2, 0.25) is 0 Å². The Balaban J connectivity index is 1.86. The van der Waals surface area contributed by atoms with Gasteiger partial charge in [0.15, 0.2) is 0 Å². The average molecular weight is 306 g/mol. The van der Waals surface area contributed by atoms with Crippen molar-refractivity contribution in [3.05, 3.63) is 65.5 Å². The Bertz CT molecular complexity index is 646. The molecule has 0 bridgehead atoms. The highest BCUT2D eigenvalue weighted by atomic mass is 32.2. The lowest BCUT2D eigenvalue weighted by molar-refractivity contribution is -0.128. The molecule has 0 saturated carbocycles. The zero-order chi connectivity index (χ0) is 14.8. The number of carbonyl (C=O) groups is 1. The number of benzene rings is 1. The number of aromatic nitrogens is 1. The van der Waals surface area contributed by atoms with Gasteiger partial charge in [-0.2, -0.15) is 0 Å². The molecule has 6 heteroatoms. The highest BCUT2D eigenvalue weighted by Crippen LogP contribution is 2.39. The summed E-state index contributed by atoms with van der Waals surface area (Å²) in [5.74, 6) is -0.958. The number of amides is 1. The lowest BCUT2D eigenvalue weighted by Crippen LogP contribution is -2.27. The highest BCUT2D eigenvalue weighted by Gasteiger charge is 2.32.